The van der Waals surface area contributed by atoms with Crippen LogP contribution in [0.5, 0.6) is 0 Å². The van der Waals surface area contributed by atoms with Crippen molar-refractivity contribution >= 4 is 40.0 Å². The Hall–Kier alpha value is -0.580. The van der Waals surface area contributed by atoms with Gasteiger partial charge in [-0.15, -0.1) is 0 Å². The molecule has 0 aliphatic carbocycles. The fourth-order valence-corrected chi connectivity index (χ4v) is 3.36. The van der Waals surface area contributed by atoms with Crippen molar-refractivity contribution in [2.45, 2.75) is 24.0 Å². The van der Waals surface area contributed by atoms with E-state index in [0.29, 0.717) is 14.9 Å². The molecular weight excluding hydrogens is 295 g/mol. The summed E-state index contributed by atoms with van der Waals surface area (Å²) in [6.45, 7) is 3.39. The minimum atomic E-state index is -1.42. The first-order valence-corrected chi connectivity index (χ1v) is 7.28. The van der Waals surface area contributed by atoms with Gasteiger partial charge in [0.1, 0.15) is 0 Å². The van der Waals surface area contributed by atoms with Crippen molar-refractivity contribution in [2.75, 3.05) is 7.11 Å². The lowest BCUT2D eigenvalue weighted by atomic mass is 10.1. The molecule has 3 atom stereocenters. The molecule has 1 aromatic rings. The average Bonchev–Trinajstić information content (AvgIpc) is 2.38. The molecule has 0 aliphatic rings. The highest BCUT2D eigenvalue weighted by Crippen LogP contribution is 2.27. The van der Waals surface area contributed by atoms with Crippen LogP contribution in [0.25, 0.3) is 0 Å². The molecule has 1 rings (SSSR count). The molecule has 6 heteroatoms. The van der Waals surface area contributed by atoms with Crippen LogP contribution >= 0.6 is 23.2 Å². The van der Waals surface area contributed by atoms with Crippen molar-refractivity contribution in [2.24, 2.45) is 5.92 Å². The number of methoxy groups -OCH3 is 1. The number of carbonyl (C=O) groups is 1. The standard InChI is InChI=1S/C12H14Cl2O3S/c1-7(12(15)17-3)8(2)18(16)11-6-9(13)4-5-10(11)14/h4-8H,1-3H3. The Morgan fingerprint density at radius 1 is 1.33 bits per heavy atom. The maximum Gasteiger partial charge on any atom is 0.309 e. The van der Waals surface area contributed by atoms with Crippen LogP contribution in [0.2, 0.25) is 10.0 Å². The van der Waals surface area contributed by atoms with Crippen molar-refractivity contribution in [1.29, 1.82) is 0 Å². The van der Waals surface area contributed by atoms with E-state index in [1.807, 2.05) is 0 Å². The highest BCUT2D eigenvalue weighted by Gasteiger charge is 2.27. The van der Waals surface area contributed by atoms with Gasteiger partial charge in [0.15, 0.2) is 0 Å². The van der Waals surface area contributed by atoms with E-state index >= 15 is 0 Å². The fraction of sp³-hybridized carbons (Fsp3) is 0.417. The number of esters is 1. The Labute approximate surface area is 119 Å². The third-order valence-electron chi connectivity index (χ3n) is 2.72. The first kappa shape index (κ1) is 15.5. The maximum atomic E-state index is 12.3. The molecule has 100 valence electrons. The minimum absolute atomic E-state index is 0.377. The second-order valence-electron chi connectivity index (χ2n) is 3.89. The molecule has 3 nitrogen and oxygen atoms in total. The van der Waals surface area contributed by atoms with Gasteiger partial charge in [0, 0.05) is 10.3 Å². The fourth-order valence-electron chi connectivity index (χ4n) is 1.39. The molecule has 1 aromatic carbocycles. The van der Waals surface area contributed by atoms with Gasteiger partial charge in [0.25, 0.3) is 0 Å². The van der Waals surface area contributed by atoms with Crippen molar-refractivity contribution in [3.8, 4) is 0 Å². The largest absolute Gasteiger partial charge is 0.469 e. The van der Waals surface area contributed by atoms with E-state index in [4.69, 9.17) is 23.2 Å². The highest BCUT2D eigenvalue weighted by atomic mass is 35.5. The minimum Gasteiger partial charge on any atom is -0.469 e. The molecule has 0 bridgehead atoms. The van der Waals surface area contributed by atoms with Gasteiger partial charge in [-0.3, -0.25) is 9.00 Å². The van der Waals surface area contributed by atoms with E-state index in [2.05, 4.69) is 4.74 Å². The van der Waals surface area contributed by atoms with E-state index in [9.17, 15) is 9.00 Å². The lowest BCUT2D eigenvalue weighted by molar-refractivity contribution is -0.144. The van der Waals surface area contributed by atoms with Crippen molar-refractivity contribution < 1.29 is 13.7 Å². The first-order chi connectivity index (χ1) is 8.38. The molecule has 0 amide bonds. The quantitative estimate of drug-likeness (QED) is 0.802. The first-order valence-electron chi connectivity index (χ1n) is 5.32. The zero-order valence-corrected chi connectivity index (χ0v) is 12.6. The second kappa shape index (κ2) is 6.55. The molecule has 0 fully saturated rings. The van der Waals surface area contributed by atoms with Crippen LogP contribution in [-0.4, -0.2) is 22.5 Å². The summed E-state index contributed by atoms with van der Waals surface area (Å²) < 4.78 is 17.0. The van der Waals surface area contributed by atoms with Crippen LogP contribution in [0.1, 0.15) is 13.8 Å². The Kier molecular flexibility index (Phi) is 5.63. The lowest BCUT2D eigenvalue weighted by Crippen LogP contribution is -2.28. The molecule has 0 saturated carbocycles. The number of hydrogen-bond donors (Lipinski definition) is 0. The smallest absolute Gasteiger partial charge is 0.309 e. The van der Waals surface area contributed by atoms with Crippen molar-refractivity contribution in [3.63, 3.8) is 0 Å². The van der Waals surface area contributed by atoms with Crippen molar-refractivity contribution in [1.82, 2.24) is 0 Å². The van der Waals surface area contributed by atoms with Crippen LogP contribution in [0.15, 0.2) is 23.1 Å². The monoisotopic (exact) mass is 308 g/mol. The van der Waals surface area contributed by atoms with Gasteiger partial charge in [-0.25, -0.2) is 0 Å². The van der Waals surface area contributed by atoms with Crippen LogP contribution in [0.4, 0.5) is 0 Å². The van der Waals surface area contributed by atoms with Crippen molar-refractivity contribution in [3.05, 3.63) is 28.2 Å². The average molecular weight is 309 g/mol. The van der Waals surface area contributed by atoms with Gasteiger partial charge in [0.2, 0.25) is 0 Å². The molecule has 0 aliphatic heterocycles. The number of carbonyl (C=O) groups excluding carboxylic acids is 1. The van der Waals surface area contributed by atoms with Crippen LogP contribution in [0, 0.1) is 5.92 Å². The summed E-state index contributed by atoms with van der Waals surface area (Å²) in [6.07, 6.45) is 0. The predicted molar refractivity (Wildman–Crippen MR) is 73.5 cm³/mol. The van der Waals surface area contributed by atoms with Crippen LogP contribution in [-0.2, 0) is 20.3 Å². The molecule has 0 heterocycles. The second-order valence-corrected chi connectivity index (χ2v) is 6.51. The molecule has 0 spiro atoms. The van der Waals surface area contributed by atoms with Gasteiger partial charge in [0.05, 0.1) is 33.7 Å². The third-order valence-corrected chi connectivity index (χ3v) is 5.26. The molecule has 0 radical (unpaired) electrons. The van der Waals surface area contributed by atoms with E-state index in [1.54, 1.807) is 32.0 Å². The molecular formula is C12H14Cl2O3S. The maximum absolute atomic E-state index is 12.3. The number of ether oxygens (including phenoxy) is 1. The highest BCUT2D eigenvalue weighted by molar-refractivity contribution is 7.85. The lowest BCUT2D eigenvalue weighted by Gasteiger charge is -2.18. The zero-order valence-electron chi connectivity index (χ0n) is 10.3. The van der Waals surface area contributed by atoms with Gasteiger partial charge >= 0.3 is 5.97 Å². The Bertz CT molecular complexity index is 476. The van der Waals surface area contributed by atoms with Crippen LogP contribution < -0.4 is 0 Å². The molecule has 0 aromatic heterocycles. The van der Waals surface area contributed by atoms with Crippen LogP contribution in [0.3, 0.4) is 0 Å². The topological polar surface area (TPSA) is 43.4 Å². The number of hydrogen-bond acceptors (Lipinski definition) is 3. The summed E-state index contributed by atoms with van der Waals surface area (Å²) in [6, 6.07) is 4.77. The predicted octanol–water partition coefficient (Wildman–Crippen LogP) is 3.30. The SMILES string of the molecule is COC(=O)C(C)C(C)S(=O)c1cc(Cl)ccc1Cl. The number of benzene rings is 1. The van der Waals surface area contributed by atoms with E-state index in [1.165, 1.54) is 7.11 Å². The van der Waals surface area contributed by atoms with E-state index < -0.39 is 27.9 Å². The summed E-state index contributed by atoms with van der Waals surface area (Å²) in [4.78, 5) is 11.9. The van der Waals surface area contributed by atoms with E-state index in [-0.39, 0.29) is 0 Å². The summed E-state index contributed by atoms with van der Waals surface area (Å²) in [7, 11) is -0.113. The molecule has 18 heavy (non-hydrogen) atoms. The van der Waals surface area contributed by atoms with Gasteiger partial charge < -0.3 is 4.74 Å². The van der Waals surface area contributed by atoms with Gasteiger partial charge in [-0.05, 0) is 25.1 Å². The number of rotatable bonds is 4. The summed E-state index contributed by atoms with van der Waals surface area (Å²) in [5, 5.41) is 0.427. The summed E-state index contributed by atoms with van der Waals surface area (Å²) >= 11 is 11.8. The van der Waals surface area contributed by atoms with Gasteiger partial charge in [-0.1, -0.05) is 30.1 Å². The Morgan fingerprint density at radius 2 is 1.94 bits per heavy atom. The Morgan fingerprint density at radius 3 is 2.50 bits per heavy atom. The molecule has 3 unspecified atom stereocenters. The van der Waals surface area contributed by atoms with Gasteiger partial charge in [-0.2, -0.15) is 0 Å². The Balaban J connectivity index is 3.00. The number of halogens is 2. The third kappa shape index (κ3) is 3.46. The van der Waals surface area contributed by atoms with E-state index in [0.717, 1.165) is 0 Å². The zero-order chi connectivity index (χ0) is 13.9. The normalized spacial score (nSPS) is 15.8. The molecule has 0 N–H and O–H groups in total. The summed E-state index contributed by atoms with van der Waals surface area (Å²) in [5.74, 6) is -0.875. The molecule has 0 saturated heterocycles. The summed E-state index contributed by atoms with van der Waals surface area (Å²) in [5.41, 5.74) is 0.